The van der Waals surface area contributed by atoms with Crippen LogP contribution in [0.3, 0.4) is 0 Å². The summed E-state index contributed by atoms with van der Waals surface area (Å²) < 4.78 is 2.05. The maximum atomic E-state index is 5.64. The molecule has 19 heavy (non-hydrogen) atoms. The first kappa shape index (κ1) is 14.0. The quantitative estimate of drug-likeness (QED) is 0.601. The molecule has 0 bridgehead atoms. The maximum absolute atomic E-state index is 5.64. The van der Waals surface area contributed by atoms with E-state index in [4.69, 9.17) is 10.9 Å². The third kappa shape index (κ3) is 3.12. The fourth-order valence-corrected chi connectivity index (χ4v) is 2.44. The highest BCUT2D eigenvalue weighted by molar-refractivity contribution is 5.82. The molecule has 5 heteroatoms. The van der Waals surface area contributed by atoms with Crippen molar-refractivity contribution in [3.8, 4) is 0 Å². The van der Waals surface area contributed by atoms with Crippen LogP contribution in [0, 0.1) is 0 Å². The Morgan fingerprint density at radius 3 is 2.74 bits per heavy atom. The summed E-state index contributed by atoms with van der Waals surface area (Å²) >= 11 is 0. The number of aryl methyl sites for hydroxylation is 1. The number of nitrogens with one attached hydrogen (secondary N) is 1. The van der Waals surface area contributed by atoms with Crippen LogP contribution < -0.4 is 11.3 Å². The zero-order chi connectivity index (χ0) is 13.8. The van der Waals surface area contributed by atoms with Crippen LogP contribution in [-0.2, 0) is 13.0 Å². The number of hydrazine groups is 1. The van der Waals surface area contributed by atoms with Gasteiger partial charge in [-0.3, -0.25) is 16.0 Å². The summed E-state index contributed by atoms with van der Waals surface area (Å²) in [6.45, 7) is 3.89. The summed E-state index contributed by atoms with van der Waals surface area (Å²) in [5.41, 5.74) is 5.19. The molecule has 1 aromatic carbocycles. The molecule has 0 saturated heterocycles. The van der Waals surface area contributed by atoms with Gasteiger partial charge in [0.1, 0.15) is 0 Å². The van der Waals surface area contributed by atoms with Gasteiger partial charge in [-0.05, 0) is 27.1 Å². The number of benzene rings is 1. The van der Waals surface area contributed by atoms with Gasteiger partial charge in [0.2, 0.25) is 0 Å². The Morgan fingerprint density at radius 2 is 2.11 bits per heavy atom. The van der Waals surface area contributed by atoms with Gasteiger partial charge in [0.15, 0.2) is 0 Å². The molecule has 0 aliphatic carbocycles. The van der Waals surface area contributed by atoms with Gasteiger partial charge >= 0.3 is 0 Å². The summed E-state index contributed by atoms with van der Waals surface area (Å²) in [4.78, 5) is 2.13. The average molecular weight is 261 g/mol. The molecule has 0 aliphatic heterocycles. The second-order valence-corrected chi connectivity index (χ2v) is 5.11. The molecule has 0 aliphatic rings. The van der Waals surface area contributed by atoms with E-state index in [-0.39, 0.29) is 6.04 Å². The van der Waals surface area contributed by atoms with E-state index in [1.807, 2.05) is 18.8 Å². The van der Waals surface area contributed by atoms with E-state index in [1.165, 1.54) is 10.9 Å². The number of hydrogen-bond donors (Lipinski definition) is 2. The predicted octanol–water partition coefficient (Wildman–Crippen LogP) is 0.992. The topological polar surface area (TPSA) is 59.1 Å². The molecule has 1 unspecified atom stereocenters. The van der Waals surface area contributed by atoms with Crippen molar-refractivity contribution in [1.82, 2.24) is 20.1 Å². The van der Waals surface area contributed by atoms with Crippen LogP contribution in [0.15, 0.2) is 24.3 Å². The van der Waals surface area contributed by atoms with Crippen molar-refractivity contribution in [3.63, 3.8) is 0 Å². The molecule has 5 nitrogen and oxygen atoms in total. The molecule has 3 N–H and O–H groups in total. The van der Waals surface area contributed by atoms with Crippen molar-refractivity contribution in [2.75, 3.05) is 20.6 Å². The van der Waals surface area contributed by atoms with Gasteiger partial charge in [-0.25, -0.2) is 0 Å². The SMILES string of the molecule is CCn1nc(CC(CN(C)C)NN)c2ccccc21. The van der Waals surface area contributed by atoms with Crippen molar-refractivity contribution in [2.45, 2.75) is 25.9 Å². The second kappa shape index (κ2) is 6.14. The minimum absolute atomic E-state index is 0.207. The van der Waals surface area contributed by atoms with E-state index in [0.29, 0.717) is 0 Å². The third-order valence-corrected chi connectivity index (χ3v) is 3.29. The van der Waals surface area contributed by atoms with Gasteiger partial charge in [-0.15, -0.1) is 0 Å². The van der Waals surface area contributed by atoms with Crippen LogP contribution in [0.1, 0.15) is 12.6 Å². The summed E-state index contributed by atoms with van der Waals surface area (Å²) in [6, 6.07) is 8.57. The minimum Gasteiger partial charge on any atom is -0.308 e. The maximum Gasteiger partial charge on any atom is 0.0719 e. The Labute approximate surface area is 114 Å². The number of nitrogens with zero attached hydrogens (tertiary/aromatic N) is 3. The van der Waals surface area contributed by atoms with E-state index in [2.05, 4.69) is 41.5 Å². The lowest BCUT2D eigenvalue weighted by atomic mass is 10.1. The zero-order valence-corrected chi connectivity index (χ0v) is 11.9. The molecular formula is C14H23N5. The number of fused-ring (bicyclic) bond motifs is 1. The molecule has 2 rings (SSSR count). The highest BCUT2D eigenvalue weighted by atomic mass is 15.3. The van der Waals surface area contributed by atoms with Crippen LogP contribution >= 0.6 is 0 Å². The highest BCUT2D eigenvalue weighted by Crippen LogP contribution is 2.19. The lowest BCUT2D eigenvalue weighted by Crippen LogP contribution is -2.43. The summed E-state index contributed by atoms with van der Waals surface area (Å²) in [5, 5.41) is 5.93. The summed E-state index contributed by atoms with van der Waals surface area (Å²) in [7, 11) is 4.10. The molecule has 1 aromatic heterocycles. The number of para-hydroxylation sites is 1. The standard InChI is InChI=1S/C14H23N5/c1-4-19-14-8-6-5-7-12(14)13(17-19)9-11(16-15)10-18(2)3/h5-8,11,16H,4,9-10,15H2,1-3H3. The average Bonchev–Trinajstić information content (AvgIpc) is 2.76. The van der Waals surface area contributed by atoms with Crippen LogP contribution in [0.25, 0.3) is 10.9 Å². The third-order valence-electron chi connectivity index (χ3n) is 3.29. The Balaban J connectivity index is 2.29. The summed E-state index contributed by atoms with van der Waals surface area (Å²) in [6.07, 6.45) is 0.836. The van der Waals surface area contributed by atoms with Crippen LogP contribution in [0.4, 0.5) is 0 Å². The second-order valence-electron chi connectivity index (χ2n) is 5.11. The minimum atomic E-state index is 0.207. The van der Waals surface area contributed by atoms with Crippen molar-refractivity contribution >= 4 is 10.9 Å². The first-order valence-corrected chi connectivity index (χ1v) is 6.71. The van der Waals surface area contributed by atoms with Crippen LogP contribution in [-0.4, -0.2) is 41.4 Å². The fourth-order valence-electron chi connectivity index (χ4n) is 2.44. The van der Waals surface area contributed by atoms with E-state index in [9.17, 15) is 0 Å². The first-order valence-electron chi connectivity index (χ1n) is 6.71. The van der Waals surface area contributed by atoms with Gasteiger partial charge in [0.25, 0.3) is 0 Å². The molecular weight excluding hydrogens is 238 g/mol. The van der Waals surface area contributed by atoms with Crippen molar-refractivity contribution in [3.05, 3.63) is 30.0 Å². The zero-order valence-electron chi connectivity index (χ0n) is 11.9. The lowest BCUT2D eigenvalue weighted by Gasteiger charge is -2.19. The Hall–Kier alpha value is -1.43. The van der Waals surface area contributed by atoms with Crippen LogP contribution in [0.5, 0.6) is 0 Å². The Morgan fingerprint density at radius 1 is 1.37 bits per heavy atom. The van der Waals surface area contributed by atoms with E-state index < -0.39 is 0 Å². The van der Waals surface area contributed by atoms with Gasteiger partial charge in [0.05, 0.1) is 11.2 Å². The van der Waals surface area contributed by atoms with E-state index in [0.717, 1.165) is 25.2 Å². The van der Waals surface area contributed by atoms with Crippen molar-refractivity contribution in [1.29, 1.82) is 0 Å². The molecule has 0 spiro atoms. The molecule has 104 valence electrons. The molecule has 2 aromatic rings. The van der Waals surface area contributed by atoms with E-state index in [1.54, 1.807) is 0 Å². The van der Waals surface area contributed by atoms with Gasteiger partial charge in [-0.2, -0.15) is 5.10 Å². The smallest absolute Gasteiger partial charge is 0.0719 e. The van der Waals surface area contributed by atoms with E-state index >= 15 is 0 Å². The van der Waals surface area contributed by atoms with Crippen molar-refractivity contribution < 1.29 is 0 Å². The van der Waals surface area contributed by atoms with Crippen LogP contribution in [0.2, 0.25) is 0 Å². The number of aromatic nitrogens is 2. The predicted molar refractivity (Wildman–Crippen MR) is 78.8 cm³/mol. The highest BCUT2D eigenvalue weighted by Gasteiger charge is 2.15. The molecule has 1 heterocycles. The number of hydrogen-bond acceptors (Lipinski definition) is 4. The normalized spacial score (nSPS) is 13.3. The molecule has 0 fully saturated rings. The lowest BCUT2D eigenvalue weighted by molar-refractivity contribution is 0.337. The molecule has 0 saturated carbocycles. The number of likely N-dealkylation sites (N-methyl/N-ethyl adjacent to an activating group) is 1. The Bertz CT molecular complexity index is 532. The largest absolute Gasteiger partial charge is 0.308 e. The van der Waals surface area contributed by atoms with Gasteiger partial charge in [0, 0.05) is 30.9 Å². The molecule has 1 atom stereocenters. The molecule has 0 radical (unpaired) electrons. The molecule has 0 amide bonds. The Kier molecular flexibility index (Phi) is 4.52. The number of rotatable bonds is 6. The number of nitrogens with two attached hydrogens (primary N) is 1. The first-order chi connectivity index (χ1) is 9.15. The monoisotopic (exact) mass is 261 g/mol. The fraction of sp³-hybridized carbons (Fsp3) is 0.500. The van der Waals surface area contributed by atoms with Crippen molar-refractivity contribution in [2.24, 2.45) is 5.84 Å². The van der Waals surface area contributed by atoms with Gasteiger partial charge in [-0.1, -0.05) is 18.2 Å². The summed E-state index contributed by atoms with van der Waals surface area (Å²) in [5.74, 6) is 5.64. The van der Waals surface area contributed by atoms with Gasteiger partial charge < -0.3 is 4.90 Å².